The smallest absolute Gasteiger partial charge is 0.376 e. The number of hydrogen-bond donors (Lipinski definition) is 2. The van der Waals surface area contributed by atoms with Crippen LogP contribution in [0.1, 0.15) is 56.3 Å². The van der Waals surface area contributed by atoms with Crippen LogP contribution in [0, 0.1) is 0 Å². The SMILES string of the molecule is CCCCCCn1nc(NC(=O)c2cccnc2)c2cc(Br)c(-c3ccc(OP(=O)(O)CCC)cc3)nc21. The van der Waals surface area contributed by atoms with Crippen molar-refractivity contribution in [1.29, 1.82) is 0 Å². The predicted octanol–water partition coefficient (Wildman–Crippen LogP) is 7.06. The number of amides is 1. The number of hydrogen-bond acceptors (Lipinski definition) is 6. The number of carbonyl (C=O) groups is 1. The normalized spacial score (nSPS) is 12.8. The van der Waals surface area contributed by atoms with E-state index in [0.717, 1.165) is 35.7 Å². The maximum atomic E-state index is 12.8. The maximum absolute atomic E-state index is 12.8. The molecule has 4 rings (SSSR count). The molecule has 0 saturated heterocycles. The average Bonchev–Trinajstić information content (AvgIpc) is 3.22. The third-order valence-corrected chi connectivity index (χ3v) is 8.05. The molecule has 4 aromatic rings. The molecule has 1 atom stereocenters. The second-order valence-electron chi connectivity index (χ2n) is 8.99. The summed E-state index contributed by atoms with van der Waals surface area (Å²) in [7, 11) is -3.67. The van der Waals surface area contributed by atoms with Crippen LogP contribution in [0.4, 0.5) is 5.82 Å². The third-order valence-electron chi connectivity index (χ3n) is 5.94. The molecule has 9 nitrogen and oxygen atoms in total. The van der Waals surface area contributed by atoms with Gasteiger partial charge in [0.05, 0.1) is 22.8 Å². The Kier molecular flexibility index (Phi) is 9.31. The Morgan fingerprint density at radius 2 is 1.92 bits per heavy atom. The van der Waals surface area contributed by atoms with E-state index in [4.69, 9.17) is 14.6 Å². The van der Waals surface area contributed by atoms with Crippen molar-refractivity contribution in [1.82, 2.24) is 19.7 Å². The Morgan fingerprint density at radius 1 is 1.13 bits per heavy atom. The number of halogens is 1. The van der Waals surface area contributed by atoms with Crippen LogP contribution in [-0.4, -0.2) is 36.7 Å². The average molecular weight is 600 g/mol. The molecule has 0 bridgehead atoms. The van der Waals surface area contributed by atoms with Gasteiger partial charge in [-0.05, 0) is 71.2 Å². The summed E-state index contributed by atoms with van der Waals surface area (Å²) in [6.07, 6.45) is 8.07. The number of unbranched alkanes of at least 4 members (excludes halogenated alkanes) is 3. The van der Waals surface area contributed by atoms with Crippen molar-refractivity contribution in [3.63, 3.8) is 0 Å². The molecule has 0 fully saturated rings. The first-order valence-corrected chi connectivity index (χ1v) is 15.3. The summed E-state index contributed by atoms with van der Waals surface area (Å²) >= 11 is 3.63. The number of anilines is 1. The van der Waals surface area contributed by atoms with Crippen LogP contribution in [0.15, 0.2) is 59.3 Å². The van der Waals surface area contributed by atoms with Crippen molar-refractivity contribution < 1.29 is 18.8 Å². The molecule has 0 aliphatic heterocycles. The van der Waals surface area contributed by atoms with Crippen LogP contribution in [0.5, 0.6) is 5.75 Å². The molecule has 200 valence electrons. The summed E-state index contributed by atoms with van der Waals surface area (Å²) in [6, 6.07) is 12.2. The zero-order valence-electron chi connectivity index (χ0n) is 21.4. The van der Waals surface area contributed by atoms with Gasteiger partial charge in [0.15, 0.2) is 11.5 Å². The monoisotopic (exact) mass is 599 g/mol. The fourth-order valence-electron chi connectivity index (χ4n) is 4.05. The van der Waals surface area contributed by atoms with Crippen molar-refractivity contribution in [2.75, 3.05) is 11.5 Å². The highest BCUT2D eigenvalue weighted by Crippen LogP contribution is 2.43. The fourth-order valence-corrected chi connectivity index (χ4v) is 5.71. The fraction of sp³-hybridized carbons (Fsp3) is 0.333. The summed E-state index contributed by atoms with van der Waals surface area (Å²) < 4.78 is 20.0. The van der Waals surface area contributed by atoms with Crippen molar-refractivity contribution in [2.24, 2.45) is 0 Å². The number of aryl methyl sites for hydroxylation is 1. The summed E-state index contributed by atoms with van der Waals surface area (Å²) in [5.74, 6) is 0.463. The summed E-state index contributed by atoms with van der Waals surface area (Å²) in [4.78, 5) is 31.7. The maximum Gasteiger partial charge on any atom is 0.376 e. The van der Waals surface area contributed by atoms with Gasteiger partial charge < -0.3 is 14.7 Å². The van der Waals surface area contributed by atoms with E-state index in [1.54, 1.807) is 42.6 Å². The largest absolute Gasteiger partial charge is 0.424 e. The lowest BCUT2D eigenvalue weighted by Gasteiger charge is -2.13. The molecule has 3 aromatic heterocycles. The lowest BCUT2D eigenvalue weighted by Crippen LogP contribution is -2.13. The van der Waals surface area contributed by atoms with Crippen LogP contribution < -0.4 is 9.84 Å². The number of fused-ring (bicyclic) bond motifs is 1. The zero-order chi connectivity index (χ0) is 27.1. The zero-order valence-corrected chi connectivity index (χ0v) is 23.9. The first kappa shape index (κ1) is 28.0. The minimum absolute atomic E-state index is 0.0976. The Labute approximate surface area is 230 Å². The van der Waals surface area contributed by atoms with E-state index in [0.29, 0.717) is 46.8 Å². The van der Waals surface area contributed by atoms with E-state index in [1.807, 2.05) is 17.7 Å². The van der Waals surface area contributed by atoms with Crippen LogP contribution in [-0.2, 0) is 11.1 Å². The van der Waals surface area contributed by atoms with Crippen LogP contribution in [0.2, 0.25) is 0 Å². The summed E-state index contributed by atoms with van der Waals surface area (Å²) in [5.41, 5.74) is 2.58. The molecule has 0 radical (unpaired) electrons. The van der Waals surface area contributed by atoms with Gasteiger partial charge in [-0.1, -0.05) is 33.1 Å². The highest BCUT2D eigenvalue weighted by molar-refractivity contribution is 9.10. The molecule has 1 unspecified atom stereocenters. The number of carbonyl (C=O) groups excluding carboxylic acids is 1. The van der Waals surface area contributed by atoms with Gasteiger partial charge in [-0.15, -0.1) is 0 Å². The van der Waals surface area contributed by atoms with Gasteiger partial charge in [0.2, 0.25) is 0 Å². The standard InChI is InChI=1S/C27H31BrN5O4P/c1-3-5-6-7-15-33-26-22(25(32-33)31-27(34)20-9-8-14-29-18-20)17-23(28)24(30-26)19-10-12-21(13-11-19)37-38(35,36)16-4-2/h8-14,17-18H,3-7,15-16H2,1-2H3,(H,35,36)(H,31,32,34). The van der Waals surface area contributed by atoms with Crippen LogP contribution in [0.25, 0.3) is 22.3 Å². The van der Waals surface area contributed by atoms with E-state index in [1.165, 1.54) is 6.20 Å². The number of rotatable bonds is 12. The first-order valence-electron chi connectivity index (χ1n) is 12.7. The van der Waals surface area contributed by atoms with Crippen molar-refractivity contribution in [3.8, 4) is 17.0 Å². The van der Waals surface area contributed by atoms with E-state index in [2.05, 4.69) is 33.2 Å². The van der Waals surface area contributed by atoms with Gasteiger partial charge in [0.25, 0.3) is 5.91 Å². The van der Waals surface area contributed by atoms with Gasteiger partial charge in [-0.25, -0.2) is 14.2 Å². The third kappa shape index (κ3) is 6.87. The highest BCUT2D eigenvalue weighted by Gasteiger charge is 2.21. The van der Waals surface area contributed by atoms with Crippen molar-refractivity contribution in [2.45, 2.75) is 52.5 Å². The lowest BCUT2D eigenvalue weighted by atomic mass is 10.1. The minimum atomic E-state index is -3.67. The molecule has 0 spiro atoms. The van der Waals surface area contributed by atoms with Crippen molar-refractivity contribution >= 4 is 46.3 Å². The van der Waals surface area contributed by atoms with Gasteiger partial charge in [-0.2, -0.15) is 5.10 Å². The summed E-state index contributed by atoms with van der Waals surface area (Å²) in [5, 5.41) is 8.33. The second-order valence-corrected chi connectivity index (χ2v) is 11.8. The number of pyridine rings is 2. The molecule has 0 saturated carbocycles. The molecular formula is C27H31BrN5O4P. The van der Waals surface area contributed by atoms with Gasteiger partial charge in [-0.3, -0.25) is 9.78 Å². The number of aromatic nitrogens is 4. The predicted molar refractivity (Wildman–Crippen MR) is 153 cm³/mol. The molecule has 0 aliphatic carbocycles. The molecule has 38 heavy (non-hydrogen) atoms. The van der Waals surface area contributed by atoms with Gasteiger partial charge >= 0.3 is 7.60 Å². The van der Waals surface area contributed by atoms with E-state index < -0.39 is 7.60 Å². The second kappa shape index (κ2) is 12.7. The quantitative estimate of drug-likeness (QED) is 0.132. The highest BCUT2D eigenvalue weighted by atomic mass is 79.9. The number of nitrogens with zero attached hydrogens (tertiary/aromatic N) is 4. The Balaban J connectivity index is 1.67. The molecule has 2 N–H and O–H groups in total. The van der Waals surface area contributed by atoms with Gasteiger partial charge in [0.1, 0.15) is 5.75 Å². The van der Waals surface area contributed by atoms with E-state index in [9.17, 15) is 14.3 Å². The molecule has 11 heteroatoms. The lowest BCUT2D eigenvalue weighted by molar-refractivity contribution is 0.102. The summed E-state index contributed by atoms with van der Waals surface area (Å²) in [6.45, 7) is 4.67. The Morgan fingerprint density at radius 3 is 2.61 bits per heavy atom. The van der Waals surface area contributed by atoms with Gasteiger partial charge in [0, 0.05) is 29.0 Å². The Hall–Kier alpha value is -3.07. The van der Waals surface area contributed by atoms with Crippen LogP contribution in [0.3, 0.4) is 0 Å². The molecule has 0 aliphatic rings. The Bertz CT molecular complexity index is 1440. The molecule has 1 aromatic carbocycles. The first-order chi connectivity index (χ1) is 18.3. The molecular weight excluding hydrogens is 569 g/mol. The minimum Gasteiger partial charge on any atom is -0.424 e. The number of nitrogens with one attached hydrogen (secondary N) is 1. The van der Waals surface area contributed by atoms with Crippen molar-refractivity contribution in [3.05, 3.63) is 64.9 Å². The van der Waals surface area contributed by atoms with E-state index >= 15 is 0 Å². The van der Waals surface area contributed by atoms with E-state index in [-0.39, 0.29) is 12.1 Å². The molecule has 1 amide bonds. The molecule has 3 heterocycles. The van der Waals surface area contributed by atoms with Crippen LogP contribution >= 0.6 is 23.5 Å². The topological polar surface area (TPSA) is 119 Å². The number of benzene rings is 1.